The van der Waals surface area contributed by atoms with Gasteiger partial charge in [-0.05, 0) is 31.6 Å². The number of hydrogen-bond donors (Lipinski definition) is 0. The highest BCUT2D eigenvalue weighted by Gasteiger charge is 2.43. The first-order chi connectivity index (χ1) is 9.33. The van der Waals surface area contributed by atoms with Crippen molar-refractivity contribution in [2.75, 3.05) is 6.54 Å². The summed E-state index contributed by atoms with van der Waals surface area (Å²) in [6.45, 7) is 0.926. The second-order valence-corrected chi connectivity index (χ2v) is 6.31. The van der Waals surface area contributed by atoms with Crippen LogP contribution in [0.5, 0.6) is 0 Å². The van der Waals surface area contributed by atoms with Crippen molar-refractivity contribution < 1.29 is 9.32 Å². The topological polar surface area (TPSA) is 46.3 Å². The van der Waals surface area contributed by atoms with Gasteiger partial charge in [-0.2, -0.15) is 0 Å². The van der Waals surface area contributed by atoms with Crippen molar-refractivity contribution >= 4 is 5.91 Å². The average molecular weight is 260 g/mol. The van der Waals surface area contributed by atoms with E-state index in [2.05, 4.69) is 5.16 Å². The van der Waals surface area contributed by atoms with Gasteiger partial charge in [-0.3, -0.25) is 4.79 Å². The van der Waals surface area contributed by atoms with Crippen LogP contribution in [0, 0.1) is 5.92 Å². The van der Waals surface area contributed by atoms with Crippen LogP contribution in [0.4, 0.5) is 0 Å². The number of carbonyl (C=O) groups is 1. The van der Waals surface area contributed by atoms with Gasteiger partial charge in [-0.25, -0.2) is 0 Å². The summed E-state index contributed by atoms with van der Waals surface area (Å²) in [7, 11) is 0. The number of likely N-dealkylation sites (tertiary alicyclic amines) is 1. The van der Waals surface area contributed by atoms with E-state index in [9.17, 15) is 4.79 Å². The minimum absolute atomic E-state index is 0.0822. The Kier molecular flexibility index (Phi) is 2.64. The number of hydrogen-bond acceptors (Lipinski definition) is 3. The lowest BCUT2D eigenvalue weighted by atomic mass is 9.84. The summed E-state index contributed by atoms with van der Waals surface area (Å²) in [5.74, 6) is 2.25. The van der Waals surface area contributed by atoms with Gasteiger partial charge in [0.1, 0.15) is 5.76 Å². The number of carbonyl (C=O) groups excluding carboxylic acids is 1. The van der Waals surface area contributed by atoms with E-state index in [4.69, 9.17) is 4.52 Å². The van der Waals surface area contributed by atoms with Crippen LogP contribution in [-0.2, 0) is 0 Å². The molecule has 0 radical (unpaired) electrons. The molecule has 1 aromatic rings. The van der Waals surface area contributed by atoms with Gasteiger partial charge in [0.2, 0.25) is 0 Å². The van der Waals surface area contributed by atoms with Crippen LogP contribution in [0.15, 0.2) is 10.6 Å². The molecule has 0 unspecified atom stereocenters. The van der Waals surface area contributed by atoms with E-state index in [1.165, 1.54) is 44.9 Å². The molecule has 102 valence electrons. The van der Waals surface area contributed by atoms with Crippen molar-refractivity contribution in [1.82, 2.24) is 10.1 Å². The lowest BCUT2D eigenvalue weighted by Gasteiger charge is -2.47. The molecule has 4 nitrogen and oxygen atoms in total. The van der Waals surface area contributed by atoms with Crippen molar-refractivity contribution in [1.29, 1.82) is 0 Å². The number of amides is 1. The lowest BCUT2D eigenvalue weighted by Crippen LogP contribution is -2.58. The zero-order valence-corrected chi connectivity index (χ0v) is 11.2. The molecule has 4 heteroatoms. The molecule has 2 saturated carbocycles. The van der Waals surface area contributed by atoms with E-state index in [-0.39, 0.29) is 5.91 Å². The third kappa shape index (κ3) is 1.97. The summed E-state index contributed by atoms with van der Waals surface area (Å²) in [6, 6.07) is 2.33. The molecule has 1 amide bonds. The smallest absolute Gasteiger partial charge is 0.276 e. The highest BCUT2D eigenvalue weighted by molar-refractivity contribution is 5.93. The Morgan fingerprint density at radius 3 is 2.89 bits per heavy atom. The Labute approximate surface area is 113 Å². The maximum absolute atomic E-state index is 12.5. The molecule has 1 saturated heterocycles. The number of rotatable bonds is 2. The molecule has 1 aromatic heterocycles. The summed E-state index contributed by atoms with van der Waals surface area (Å²) >= 11 is 0. The molecule has 2 atom stereocenters. The first kappa shape index (κ1) is 11.5. The summed E-state index contributed by atoms with van der Waals surface area (Å²) in [5.41, 5.74) is 0.518. The van der Waals surface area contributed by atoms with Crippen molar-refractivity contribution in [3.63, 3.8) is 0 Å². The third-order valence-corrected chi connectivity index (χ3v) is 4.94. The van der Waals surface area contributed by atoms with Crippen molar-refractivity contribution in [2.45, 2.75) is 56.9 Å². The van der Waals surface area contributed by atoms with Crippen LogP contribution in [-0.4, -0.2) is 28.6 Å². The number of nitrogens with zero attached hydrogens (tertiary/aromatic N) is 2. The fraction of sp³-hybridized carbons (Fsp3) is 0.733. The van der Waals surface area contributed by atoms with Crippen molar-refractivity contribution in [2.24, 2.45) is 5.92 Å². The molecule has 1 aliphatic heterocycles. The van der Waals surface area contributed by atoms with Gasteiger partial charge < -0.3 is 9.42 Å². The van der Waals surface area contributed by atoms with E-state index < -0.39 is 0 Å². The minimum Gasteiger partial charge on any atom is -0.360 e. The summed E-state index contributed by atoms with van der Waals surface area (Å²) in [6.07, 6.45) is 8.74. The van der Waals surface area contributed by atoms with Crippen LogP contribution in [0.3, 0.4) is 0 Å². The van der Waals surface area contributed by atoms with Gasteiger partial charge in [0.25, 0.3) is 5.91 Å². The third-order valence-electron chi connectivity index (χ3n) is 4.94. The maximum Gasteiger partial charge on any atom is 0.276 e. The number of fused-ring (bicyclic) bond motifs is 1. The van der Waals surface area contributed by atoms with Crippen LogP contribution in [0.1, 0.15) is 67.1 Å². The van der Waals surface area contributed by atoms with E-state index in [0.29, 0.717) is 17.7 Å². The Balaban J connectivity index is 1.47. The molecule has 3 aliphatic rings. The zero-order valence-electron chi connectivity index (χ0n) is 11.2. The Bertz CT molecular complexity index is 492. The Hall–Kier alpha value is -1.32. The molecule has 2 heterocycles. The first-order valence-electron chi connectivity index (χ1n) is 7.60. The summed E-state index contributed by atoms with van der Waals surface area (Å²) in [4.78, 5) is 14.5. The molecule has 3 fully saturated rings. The fourth-order valence-corrected chi connectivity index (χ4v) is 3.57. The van der Waals surface area contributed by atoms with Gasteiger partial charge in [-0.15, -0.1) is 0 Å². The highest BCUT2D eigenvalue weighted by atomic mass is 16.5. The minimum atomic E-state index is 0.0822. The van der Waals surface area contributed by atoms with Crippen LogP contribution in [0.25, 0.3) is 0 Å². The molecule has 0 aromatic carbocycles. The van der Waals surface area contributed by atoms with Crippen LogP contribution < -0.4 is 0 Å². The van der Waals surface area contributed by atoms with Gasteiger partial charge in [0.05, 0.1) is 0 Å². The van der Waals surface area contributed by atoms with E-state index in [1.807, 2.05) is 11.0 Å². The monoisotopic (exact) mass is 260 g/mol. The maximum atomic E-state index is 12.5. The molecular weight excluding hydrogens is 240 g/mol. The standard InChI is InChI=1S/C15H20N2O2/c18-15(12-8-14(19-16-12)10-6-7-10)17-9-11-4-2-1-3-5-13(11)17/h8,10-11,13H,1-7,9H2/t11-,13-/m0/s1. The van der Waals surface area contributed by atoms with Crippen LogP contribution in [0.2, 0.25) is 0 Å². The molecule has 2 aliphatic carbocycles. The second kappa shape index (κ2) is 4.36. The lowest BCUT2D eigenvalue weighted by molar-refractivity contribution is 0.0114. The molecule has 4 rings (SSSR count). The first-order valence-corrected chi connectivity index (χ1v) is 7.60. The van der Waals surface area contributed by atoms with Gasteiger partial charge in [-0.1, -0.05) is 24.4 Å². The molecular formula is C15H20N2O2. The van der Waals surface area contributed by atoms with E-state index in [0.717, 1.165) is 18.2 Å². The molecule has 0 spiro atoms. The van der Waals surface area contributed by atoms with Crippen molar-refractivity contribution in [3.05, 3.63) is 17.5 Å². The van der Waals surface area contributed by atoms with Crippen LogP contribution >= 0.6 is 0 Å². The molecule has 19 heavy (non-hydrogen) atoms. The van der Waals surface area contributed by atoms with Crippen molar-refractivity contribution in [3.8, 4) is 0 Å². The predicted octanol–water partition coefficient (Wildman–Crippen LogP) is 2.96. The molecule has 0 N–H and O–H groups in total. The summed E-state index contributed by atoms with van der Waals surface area (Å²) < 4.78 is 5.29. The number of aromatic nitrogens is 1. The summed E-state index contributed by atoms with van der Waals surface area (Å²) in [5, 5.41) is 3.98. The SMILES string of the molecule is O=C(c1cc(C2CC2)on1)N1C[C@@H]2CCCCC[C@@H]21. The van der Waals surface area contributed by atoms with Gasteiger partial charge in [0.15, 0.2) is 5.69 Å². The second-order valence-electron chi connectivity index (χ2n) is 6.31. The normalized spacial score (nSPS) is 30.4. The van der Waals surface area contributed by atoms with Gasteiger partial charge >= 0.3 is 0 Å². The van der Waals surface area contributed by atoms with E-state index >= 15 is 0 Å². The highest BCUT2D eigenvalue weighted by Crippen LogP contribution is 2.41. The van der Waals surface area contributed by atoms with E-state index in [1.54, 1.807) is 0 Å². The zero-order chi connectivity index (χ0) is 12.8. The average Bonchev–Trinajstić information content (AvgIpc) is 3.15. The fourth-order valence-electron chi connectivity index (χ4n) is 3.57. The van der Waals surface area contributed by atoms with Gasteiger partial charge in [0, 0.05) is 24.6 Å². The Morgan fingerprint density at radius 2 is 2.05 bits per heavy atom. The Morgan fingerprint density at radius 1 is 1.21 bits per heavy atom. The predicted molar refractivity (Wildman–Crippen MR) is 69.9 cm³/mol. The molecule has 0 bridgehead atoms. The largest absolute Gasteiger partial charge is 0.360 e. The quantitative estimate of drug-likeness (QED) is 0.821.